The van der Waals surface area contributed by atoms with Crippen LogP contribution in [0.25, 0.3) is 11.1 Å². The van der Waals surface area contributed by atoms with Gasteiger partial charge in [-0.2, -0.15) is 0 Å². The molecule has 192 valence electrons. The number of aryl methyl sites for hydroxylation is 1. The van der Waals surface area contributed by atoms with E-state index in [1.807, 2.05) is 38.1 Å². The van der Waals surface area contributed by atoms with E-state index in [1.165, 1.54) is 0 Å². The van der Waals surface area contributed by atoms with E-state index in [1.54, 1.807) is 27.7 Å². The first-order chi connectivity index (χ1) is 16.3. The van der Waals surface area contributed by atoms with E-state index in [0.29, 0.717) is 46.7 Å². The van der Waals surface area contributed by atoms with Gasteiger partial charge in [0.15, 0.2) is 6.10 Å². The molecule has 0 aliphatic carbocycles. The molecular weight excluding hydrogens is 466 g/mol. The standard InChI is InChI=1S/C27H37NO6S/c1-17-11-13-20(14-12-17)21-19(3)24-23(28-35(31,32)16-10-8-7-9-15-33-24)18(2)22(21)25(26(29)30)34-27(4,5)6/h11-14,25,28H,7-10,15-16H2,1-6H3,(H,29,30)/t25-/m0/s1. The molecule has 0 bridgehead atoms. The molecule has 0 radical (unpaired) electrons. The molecule has 0 fully saturated rings. The van der Waals surface area contributed by atoms with E-state index in [-0.39, 0.29) is 5.75 Å². The number of benzene rings is 2. The molecule has 1 aliphatic rings. The summed E-state index contributed by atoms with van der Waals surface area (Å²) in [6.45, 7) is 11.4. The Kier molecular flexibility index (Phi) is 8.17. The highest BCUT2D eigenvalue weighted by Gasteiger charge is 2.35. The molecule has 35 heavy (non-hydrogen) atoms. The molecular formula is C27H37NO6S. The fraction of sp³-hybridized carbons (Fsp3) is 0.519. The highest BCUT2D eigenvalue weighted by atomic mass is 32.2. The summed E-state index contributed by atoms with van der Waals surface area (Å²) < 4.78 is 40.9. The summed E-state index contributed by atoms with van der Waals surface area (Å²) >= 11 is 0. The van der Waals surface area contributed by atoms with E-state index >= 15 is 0 Å². The zero-order valence-electron chi connectivity index (χ0n) is 21.5. The molecule has 0 spiro atoms. The van der Waals surface area contributed by atoms with Crippen molar-refractivity contribution in [1.29, 1.82) is 0 Å². The van der Waals surface area contributed by atoms with Crippen LogP contribution in [0, 0.1) is 20.8 Å². The third kappa shape index (κ3) is 6.55. The van der Waals surface area contributed by atoms with Crippen molar-refractivity contribution in [2.45, 2.75) is 78.9 Å². The van der Waals surface area contributed by atoms with Crippen molar-refractivity contribution in [3.63, 3.8) is 0 Å². The number of carboxylic acid groups (broad SMARTS) is 1. The average molecular weight is 504 g/mol. The van der Waals surface area contributed by atoms with Gasteiger partial charge >= 0.3 is 5.97 Å². The normalized spacial score (nSPS) is 17.3. The highest BCUT2D eigenvalue weighted by molar-refractivity contribution is 7.92. The molecule has 8 heteroatoms. The van der Waals surface area contributed by atoms with E-state index in [0.717, 1.165) is 30.4 Å². The molecule has 2 aromatic rings. The number of hydrogen-bond donors (Lipinski definition) is 2. The van der Waals surface area contributed by atoms with Crippen LogP contribution in [0.4, 0.5) is 5.69 Å². The summed E-state index contributed by atoms with van der Waals surface area (Å²) in [4.78, 5) is 12.5. The molecule has 7 nitrogen and oxygen atoms in total. The molecule has 0 aromatic heterocycles. The van der Waals surface area contributed by atoms with Crippen LogP contribution in [0.3, 0.4) is 0 Å². The van der Waals surface area contributed by atoms with Crippen molar-refractivity contribution in [1.82, 2.24) is 0 Å². The highest BCUT2D eigenvalue weighted by Crippen LogP contribution is 2.47. The number of carbonyl (C=O) groups is 1. The van der Waals surface area contributed by atoms with E-state index < -0.39 is 27.7 Å². The topological polar surface area (TPSA) is 102 Å². The Morgan fingerprint density at radius 2 is 1.66 bits per heavy atom. The van der Waals surface area contributed by atoms with Gasteiger partial charge in [-0.3, -0.25) is 4.72 Å². The fourth-order valence-corrected chi connectivity index (χ4v) is 5.68. The minimum Gasteiger partial charge on any atom is -0.491 e. The van der Waals surface area contributed by atoms with Gasteiger partial charge in [0, 0.05) is 11.1 Å². The fourth-order valence-electron chi connectivity index (χ4n) is 4.43. The summed E-state index contributed by atoms with van der Waals surface area (Å²) in [6.07, 6.45) is 1.75. The number of carboxylic acids is 1. The first-order valence-electron chi connectivity index (χ1n) is 12.1. The van der Waals surface area contributed by atoms with Crippen molar-refractivity contribution in [3.8, 4) is 16.9 Å². The van der Waals surface area contributed by atoms with Gasteiger partial charge in [-0.15, -0.1) is 0 Å². The Hall–Kier alpha value is -2.58. The van der Waals surface area contributed by atoms with Crippen LogP contribution < -0.4 is 9.46 Å². The zero-order valence-corrected chi connectivity index (χ0v) is 22.3. The summed E-state index contributed by atoms with van der Waals surface area (Å²) in [5.41, 5.74) is 3.71. The van der Waals surface area contributed by atoms with Gasteiger partial charge in [-0.1, -0.05) is 42.7 Å². The summed E-state index contributed by atoms with van der Waals surface area (Å²) in [5, 5.41) is 10.3. The quantitative estimate of drug-likeness (QED) is 0.537. The number of aliphatic carboxylic acids is 1. The number of sulfonamides is 1. The van der Waals surface area contributed by atoms with Crippen molar-refractivity contribution in [2.24, 2.45) is 0 Å². The largest absolute Gasteiger partial charge is 0.491 e. The van der Waals surface area contributed by atoms with Gasteiger partial charge in [0.25, 0.3) is 0 Å². The summed E-state index contributed by atoms with van der Waals surface area (Å²) in [7, 11) is -3.65. The monoisotopic (exact) mass is 503 g/mol. The number of rotatable bonds is 4. The predicted octanol–water partition coefficient (Wildman–Crippen LogP) is 5.91. The third-order valence-electron chi connectivity index (χ3n) is 6.10. The van der Waals surface area contributed by atoms with Gasteiger partial charge in [0.2, 0.25) is 10.0 Å². The molecule has 1 atom stereocenters. The van der Waals surface area contributed by atoms with E-state index in [9.17, 15) is 18.3 Å². The number of nitrogens with one attached hydrogen (secondary N) is 1. The molecule has 0 saturated heterocycles. The Balaban J connectivity index is 2.39. The van der Waals surface area contributed by atoms with Gasteiger partial charge < -0.3 is 14.6 Å². The molecule has 2 aromatic carbocycles. The second kappa shape index (κ2) is 10.6. The summed E-state index contributed by atoms with van der Waals surface area (Å²) in [5.74, 6) is -0.704. The maximum atomic E-state index is 12.9. The van der Waals surface area contributed by atoms with Gasteiger partial charge in [0.1, 0.15) is 5.75 Å². The Morgan fingerprint density at radius 3 is 2.26 bits per heavy atom. The van der Waals surface area contributed by atoms with E-state index in [4.69, 9.17) is 9.47 Å². The van der Waals surface area contributed by atoms with Gasteiger partial charge in [-0.25, -0.2) is 13.2 Å². The number of fused-ring (bicyclic) bond motifs is 1. The third-order valence-corrected chi connectivity index (χ3v) is 7.44. The Morgan fingerprint density at radius 1 is 1.03 bits per heavy atom. The van der Waals surface area contributed by atoms with Crippen LogP contribution in [0.15, 0.2) is 24.3 Å². The lowest BCUT2D eigenvalue weighted by Gasteiger charge is -2.31. The predicted molar refractivity (Wildman–Crippen MR) is 139 cm³/mol. The second-order valence-electron chi connectivity index (χ2n) is 10.2. The maximum absolute atomic E-state index is 12.9. The summed E-state index contributed by atoms with van der Waals surface area (Å²) in [6, 6.07) is 7.82. The van der Waals surface area contributed by atoms with Crippen LogP contribution in [-0.2, 0) is 19.6 Å². The molecule has 1 aliphatic heterocycles. The van der Waals surface area contributed by atoms with Gasteiger partial charge in [0.05, 0.1) is 23.6 Å². The van der Waals surface area contributed by atoms with Crippen LogP contribution in [0.2, 0.25) is 0 Å². The molecule has 0 saturated carbocycles. The molecule has 3 rings (SSSR count). The minimum atomic E-state index is -3.65. The van der Waals surface area contributed by atoms with Crippen LogP contribution in [0.5, 0.6) is 5.75 Å². The number of ether oxygens (including phenoxy) is 2. The van der Waals surface area contributed by atoms with E-state index in [2.05, 4.69) is 4.72 Å². The number of hydrogen-bond acceptors (Lipinski definition) is 5. The SMILES string of the molecule is Cc1ccc(-c2c(C)c3c(c(C)c2[C@H](OC(C)(C)C)C(=O)O)NS(=O)(=O)CCCCCCO3)cc1. The molecule has 0 unspecified atom stereocenters. The lowest BCUT2D eigenvalue weighted by Crippen LogP contribution is -2.29. The van der Waals surface area contributed by atoms with Gasteiger partial charge in [-0.05, 0) is 71.1 Å². The lowest BCUT2D eigenvalue weighted by atomic mass is 9.86. The Bertz CT molecular complexity index is 1180. The van der Waals surface area contributed by atoms with Crippen LogP contribution >= 0.6 is 0 Å². The Labute approximate surface area is 208 Å². The first kappa shape index (κ1) is 27.0. The smallest absolute Gasteiger partial charge is 0.337 e. The lowest BCUT2D eigenvalue weighted by molar-refractivity contribution is -0.160. The van der Waals surface area contributed by atoms with Crippen molar-refractivity contribution >= 4 is 21.7 Å². The second-order valence-corrected chi connectivity index (χ2v) is 12.1. The first-order valence-corrected chi connectivity index (χ1v) is 13.7. The van der Waals surface area contributed by atoms with Crippen LogP contribution in [0.1, 0.15) is 74.8 Å². The number of anilines is 1. The minimum absolute atomic E-state index is 0.000818. The van der Waals surface area contributed by atoms with Crippen molar-refractivity contribution in [2.75, 3.05) is 17.1 Å². The molecule has 1 heterocycles. The van der Waals surface area contributed by atoms with Crippen LogP contribution in [-0.4, -0.2) is 37.5 Å². The van der Waals surface area contributed by atoms with Crippen molar-refractivity contribution in [3.05, 3.63) is 46.5 Å². The molecule has 2 N–H and O–H groups in total. The average Bonchev–Trinajstić information content (AvgIpc) is 2.78. The molecule has 0 amide bonds. The zero-order chi connectivity index (χ0) is 26.0. The maximum Gasteiger partial charge on any atom is 0.337 e. The van der Waals surface area contributed by atoms with Crippen molar-refractivity contribution < 1.29 is 27.8 Å².